The Morgan fingerprint density at radius 3 is 2.40 bits per heavy atom. The van der Waals surface area contributed by atoms with Gasteiger partial charge in [-0.05, 0) is 49.1 Å². The van der Waals surface area contributed by atoms with Crippen molar-refractivity contribution in [3.8, 4) is 11.5 Å². The average Bonchev–Trinajstić information content (AvgIpc) is 2.60. The van der Waals surface area contributed by atoms with Crippen LogP contribution >= 0.6 is 0 Å². The second-order valence-corrected chi connectivity index (χ2v) is 6.35. The van der Waals surface area contributed by atoms with E-state index in [9.17, 15) is 4.79 Å². The van der Waals surface area contributed by atoms with Crippen molar-refractivity contribution in [2.24, 2.45) is 0 Å². The van der Waals surface area contributed by atoms with E-state index in [0.717, 1.165) is 12.2 Å². The van der Waals surface area contributed by atoms with E-state index in [-0.39, 0.29) is 5.91 Å². The maximum atomic E-state index is 12.3. The van der Waals surface area contributed by atoms with Crippen molar-refractivity contribution in [1.82, 2.24) is 0 Å². The van der Waals surface area contributed by atoms with Gasteiger partial charge >= 0.3 is 0 Å². The van der Waals surface area contributed by atoms with E-state index < -0.39 is 6.10 Å². The Hall–Kier alpha value is -2.49. The van der Waals surface area contributed by atoms with Crippen LogP contribution in [0.5, 0.6) is 11.5 Å². The van der Waals surface area contributed by atoms with Crippen LogP contribution in [0.2, 0.25) is 0 Å². The third kappa shape index (κ3) is 5.82. The Morgan fingerprint density at radius 1 is 1.04 bits per heavy atom. The van der Waals surface area contributed by atoms with Crippen molar-refractivity contribution in [2.45, 2.75) is 46.1 Å². The summed E-state index contributed by atoms with van der Waals surface area (Å²) < 4.78 is 11.3. The first-order valence-corrected chi connectivity index (χ1v) is 8.80. The van der Waals surface area contributed by atoms with Gasteiger partial charge in [-0.2, -0.15) is 0 Å². The van der Waals surface area contributed by atoms with Gasteiger partial charge in [-0.15, -0.1) is 0 Å². The van der Waals surface area contributed by atoms with Gasteiger partial charge in [0.15, 0.2) is 6.10 Å². The minimum absolute atomic E-state index is 0.194. The zero-order valence-electron chi connectivity index (χ0n) is 15.4. The SMILES string of the molecule is CCCOc1cccc(NC(=O)C(C)Oc2ccc(C(C)C)cc2)c1. The fourth-order valence-corrected chi connectivity index (χ4v) is 2.32. The Morgan fingerprint density at radius 2 is 1.76 bits per heavy atom. The van der Waals surface area contributed by atoms with Crippen molar-refractivity contribution in [2.75, 3.05) is 11.9 Å². The number of hydrogen-bond acceptors (Lipinski definition) is 3. The first kappa shape index (κ1) is 18.8. The highest BCUT2D eigenvalue weighted by Gasteiger charge is 2.15. The van der Waals surface area contributed by atoms with Crippen LogP contribution in [0.15, 0.2) is 48.5 Å². The van der Waals surface area contributed by atoms with Crippen LogP contribution in [0, 0.1) is 0 Å². The standard InChI is InChI=1S/C21H27NO3/c1-5-13-24-20-8-6-7-18(14-20)22-21(23)16(4)25-19-11-9-17(10-12-19)15(2)3/h6-12,14-16H,5,13H2,1-4H3,(H,22,23). The lowest BCUT2D eigenvalue weighted by Gasteiger charge is -2.16. The number of anilines is 1. The smallest absolute Gasteiger partial charge is 0.265 e. The Kier molecular flexibility index (Phi) is 6.87. The highest BCUT2D eigenvalue weighted by molar-refractivity contribution is 5.94. The predicted octanol–water partition coefficient (Wildman–Crippen LogP) is 5.00. The molecule has 0 radical (unpaired) electrons. The molecule has 1 unspecified atom stereocenters. The first-order valence-electron chi connectivity index (χ1n) is 8.80. The zero-order valence-corrected chi connectivity index (χ0v) is 15.4. The molecule has 0 aromatic heterocycles. The van der Waals surface area contributed by atoms with Crippen molar-refractivity contribution >= 4 is 11.6 Å². The molecular weight excluding hydrogens is 314 g/mol. The highest BCUT2D eigenvalue weighted by atomic mass is 16.5. The summed E-state index contributed by atoms with van der Waals surface area (Å²) in [5.41, 5.74) is 1.94. The molecule has 0 heterocycles. The number of benzene rings is 2. The van der Waals surface area contributed by atoms with Crippen LogP contribution in [0.4, 0.5) is 5.69 Å². The Balaban J connectivity index is 1.93. The van der Waals surface area contributed by atoms with Gasteiger partial charge in [-0.1, -0.05) is 39.0 Å². The molecule has 0 aliphatic heterocycles. The summed E-state index contributed by atoms with van der Waals surface area (Å²) in [4.78, 5) is 12.3. The number of nitrogens with one attached hydrogen (secondary N) is 1. The molecule has 0 fully saturated rings. The van der Waals surface area contributed by atoms with Crippen LogP contribution in [0.25, 0.3) is 0 Å². The number of amides is 1. The lowest BCUT2D eigenvalue weighted by molar-refractivity contribution is -0.122. The molecule has 0 bridgehead atoms. The van der Waals surface area contributed by atoms with E-state index in [1.165, 1.54) is 5.56 Å². The highest BCUT2D eigenvalue weighted by Crippen LogP contribution is 2.21. The van der Waals surface area contributed by atoms with E-state index in [1.807, 2.05) is 48.5 Å². The van der Waals surface area contributed by atoms with Gasteiger partial charge in [-0.3, -0.25) is 4.79 Å². The number of rotatable bonds is 8. The van der Waals surface area contributed by atoms with Gasteiger partial charge in [0.2, 0.25) is 0 Å². The summed E-state index contributed by atoms with van der Waals surface area (Å²) in [6.07, 6.45) is 0.349. The molecular formula is C21H27NO3. The average molecular weight is 341 g/mol. The third-order valence-electron chi connectivity index (χ3n) is 3.80. The fourth-order valence-electron chi connectivity index (χ4n) is 2.32. The van der Waals surface area contributed by atoms with E-state index in [0.29, 0.717) is 24.0 Å². The third-order valence-corrected chi connectivity index (χ3v) is 3.80. The van der Waals surface area contributed by atoms with Gasteiger partial charge in [0.25, 0.3) is 5.91 Å². The number of ether oxygens (including phenoxy) is 2. The molecule has 1 atom stereocenters. The van der Waals surface area contributed by atoms with Crippen LogP contribution < -0.4 is 14.8 Å². The molecule has 134 valence electrons. The predicted molar refractivity (Wildman–Crippen MR) is 101 cm³/mol. The molecule has 0 spiro atoms. The van der Waals surface area contributed by atoms with Crippen molar-refractivity contribution in [1.29, 1.82) is 0 Å². The first-order chi connectivity index (χ1) is 12.0. The molecule has 1 N–H and O–H groups in total. The number of carbonyl (C=O) groups excluding carboxylic acids is 1. The van der Waals surface area contributed by atoms with Crippen LogP contribution in [0.3, 0.4) is 0 Å². The van der Waals surface area contributed by atoms with Gasteiger partial charge in [-0.25, -0.2) is 0 Å². The summed E-state index contributed by atoms with van der Waals surface area (Å²) >= 11 is 0. The van der Waals surface area contributed by atoms with Gasteiger partial charge < -0.3 is 14.8 Å². The van der Waals surface area contributed by atoms with Gasteiger partial charge in [0.1, 0.15) is 11.5 Å². The number of hydrogen-bond donors (Lipinski definition) is 1. The maximum Gasteiger partial charge on any atom is 0.265 e. The molecule has 1 amide bonds. The number of carbonyl (C=O) groups is 1. The molecule has 4 nitrogen and oxygen atoms in total. The molecule has 4 heteroatoms. The normalized spacial score (nSPS) is 11.9. The minimum Gasteiger partial charge on any atom is -0.494 e. The monoisotopic (exact) mass is 341 g/mol. The van der Waals surface area contributed by atoms with Gasteiger partial charge in [0.05, 0.1) is 6.61 Å². The Labute approximate surface area is 150 Å². The summed E-state index contributed by atoms with van der Waals surface area (Å²) in [6, 6.07) is 15.2. The van der Waals surface area contributed by atoms with Crippen molar-refractivity contribution in [3.63, 3.8) is 0 Å². The molecule has 0 saturated heterocycles. The second-order valence-electron chi connectivity index (χ2n) is 6.35. The molecule has 25 heavy (non-hydrogen) atoms. The van der Waals surface area contributed by atoms with E-state index in [4.69, 9.17) is 9.47 Å². The topological polar surface area (TPSA) is 47.6 Å². The van der Waals surface area contributed by atoms with Gasteiger partial charge in [0, 0.05) is 11.8 Å². The van der Waals surface area contributed by atoms with Crippen molar-refractivity contribution < 1.29 is 14.3 Å². The molecule has 2 aromatic rings. The molecule has 2 aromatic carbocycles. The summed E-state index contributed by atoms with van der Waals surface area (Å²) in [5.74, 6) is 1.71. The molecule has 0 aliphatic rings. The molecule has 0 aliphatic carbocycles. The van der Waals surface area contributed by atoms with Crippen molar-refractivity contribution in [3.05, 3.63) is 54.1 Å². The maximum absolute atomic E-state index is 12.3. The zero-order chi connectivity index (χ0) is 18.2. The van der Waals surface area contributed by atoms with Crippen LogP contribution in [-0.2, 0) is 4.79 Å². The summed E-state index contributed by atoms with van der Waals surface area (Å²) in [5, 5.41) is 2.86. The molecule has 2 rings (SSSR count). The van der Waals surface area contributed by atoms with Crippen LogP contribution in [-0.4, -0.2) is 18.6 Å². The lowest BCUT2D eigenvalue weighted by atomic mass is 10.0. The summed E-state index contributed by atoms with van der Waals surface area (Å²) in [7, 11) is 0. The molecule has 0 saturated carbocycles. The van der Waals surface area contributed by atoms with E-state index >= 15 is 0 Å². The quantitative estimate of drug-likeness (QED) is 0.734. The largest absolute Gasteiger partial charge is 0.494 e. The lowest BCUT2D eigenvalue weighted by Crippen LogP contribution is -2.30. The van der Waals surface area contributed by atoms with E-state index in [1.54, 1.807) is 6.92 Å². The van der Waals surface area contributed by atoms with Crippen LogP contribution in [0.1, 0.15) is 45.6 Å². The fraction of sp³-hybridized carbons (Fsp3) is 0.381. The summed E-state index contributed by atoms with van der Waals surface area (Å²) in [6.45, 7) is 8.74. The minimum atomic E-state index is -0.592. The second kappa shape index (κ2) is 9.11. The van der Waals surface area contributed by atoms with E-state index in [2.05, 4.69) is 26.1 Å². The Bertz CT molecular complexity index is 680.